The van der Waals surface area contributed by atoms with Crippen molar-refractivity contribution in [1.82, 2.24) is 0 Å². The van der Waals surface area contributed by atoms with Crippen LogP contribution in [-0.4, -0.2) is 14.2 Å². The summed E-state index contributed by atoms with van der Waals surface area (Å²) in [5, 5.41) is 3.37. The highest BCUT2D eigenvalue weighted by atomic mass is 16.5. The van der Waals surface area contributed by atoms with E-state index in [1.165, 1.54) is 10.8 Å². The average Bonchev–Trinajstić information content (AvgIpc) is 3.04. The van der Waals surface area contributed by atoms with E-state index in [2.05, 4.69) is 30.3 Å². The first kappa shape index (κ1) is 13.7. The molecule has 0 radical (unpaired) electrons. The Morgan fingerprint density at radius 1 is 0.739 bits per heavy atom. The second-order valence-corrected chi connectivity index (χ2v) is 5.42. The number of rotatable bonds is 3. The van der Waals surface area contributed by atoms with Crippen molar-refractivity contribution in [3.8, 4) is 22.8 Å². The fourth-order valence-electron chi connectivity index (χ4n) is 2.85. The molecule has 0 saturated heterocycles. The summed E-state index contributed by atoms with van der Waals surface area (Å²) in [6.07, 6.45) is 0. The highest BCUT2D eigenvalue weighted by Gasteiger charge is 2.13. The third kappa shape index (κ3) is 2.30. The summed E-state index contributed by atoms with van der Waals surface area (Å²) < 4.78 is 16.8. The Kier molecular flexibility index (Phi) is 3.19. The van der Waals surface area contributed by atoms with Crippen LogP contribution in [0.4, 0.5) is 0 Å². The maximum absolute atomic E-state index is 6.04. The van der Waals surface area contributed by atoms with Crippen molar-refractivity contribution in [2.24, 2.45) is 0 Å². The molecule has 1 heterocycles. The van der Waals surface area contributed by atoms with Crippen molar-refractivity contribution in [2.75, 3.05) is 14.2 Å². The molecule has 4 aromatic rings. The lowest BCUT2D eigenvalue weighted by Crippen LogP contribution is -1.86. The number of benzene rings is 3. The van der Waals surface area contributed by atoms with Crippen LogP contribution in [-0.2, 0) is 0 Å². The monoisotopic (exact) mass is 304 g/mol. The van der Waals surface area contributed by atoms with Crippen molar-refractivity contribution in [1.29, 1.82) is 0 Å². The topological polar surface area (TPSA) is 31.6 Å². The van der Waals surface area contributed by atoms with Crippen LogP contribution in [0.25, 0.3) is 33.1 Å². The van der Waals surface area contributed by atoms with E-state index in [0.29, 0.717) is 5.75 Å². The van der Waals surface area contributed by atoms with Crippen molar-refractivity contribution in [2.45, 2.75) is 0 Å². The Balaban J connectivity index is 1.90. The average molecular weight is 304 g/mol. The number of fused-ring (bicyclic) bond motifs is 2. The molecule has 3 aromatic carbocycles. The van der Waals surface area contributed by atoms with Gasteiger partial charge in [0.1, 0.15) is 11.5 Å². The second-order valence-electron chi connectivity index (χ2n) is 5.42. The quantitative estimate of drug-likeness (QED) is 0.516. The van der Waals surface area contributed by atoms with Gasteiger partial charge in [0.2, 0.25) is 0 Å². The zero-order valence-corrected chi connectivity index (χ0v) is 13.0. The molecule has 0 aliphatic heterocycles. The van der Waals surface area contributed by atoms with Gasteiger partial charge in [0.25, 0.3) is 0 Å². The van der Waals surface area contributed by atoms with Crippen molar-refractivity contribution >= 4 is 21.7 Å². The third-order valence-corrected chi connectivity index (χ3v) is 4.05. The van der Waals surface area contributed by atoms with Gasteiger partial charge < -0.3 is 13.9 Å². The lowest BCUT2D eigenvalue weighted by atomic mass is 10.1. The molecule has 0 fully saturated rings. The third-order valence-electron chi connectivity index (χ3n) is 4.05. The second kappa shape index (κ2) is 5.36. The van der Waals surface area contributed by atoms with Crippen LogP contribution in [0.2, 0.25) is 0 Å². The fourth-order valence-corrected chi connectivity index (χ4v) is 2.85. The van der Waals surface area contributed by atoms with Crippen molar-refractivity contribution in [3.63, 3.8) is 0 Å². The summed E-state index contributed by atoms with van der Waals surface area (Å²) in [4.78, 5) is 0. The van der Waals surface area contributed by atoms with Gasteiger partial charge in [0.05, 0.1) is 14.2 Å². The highest BCUT2D eigenvalue weighted by Crippen LogP contribution is 2.37. The predicted molar refractivity (Wildman–Crippen MR) is 92.3 cm³/mol. The van der Waals surface area contributed by atoms with Crippen LogP contribution in [0, 0.1) is 0 Å². The lowest BCUT2D eigenvalue weighted by Gasteiger charge is -2.04. The van der Waals surface area contributed by atoms with Gasteiger partial charge in [-0.2, -0.15) is 0 Å². The molecule has 0 atom stereocenters. The van der Waals surface area contributed by atoms with Crippen LogP contribution in [0.5, 0.6) is 11.5 Å². The normalized spacial score (nSPS) is 11.0. The minimum absolute atomic E-state index is 0.673. The molecule has 0 saturated carbocycles. The number of ether oxygens (including phenoxy) is 2. The molecule has 0 aliphatic rings. The van der Waals surface area contributed by atoms with E-state index in [9.17, 15) is 0 Å². The van der Waals surface area contributed by atoms with Gasteiger partial charge in [-0.05, 0) is 29.0 Å². The van der Waals surface area contributed by atoms with Crippen LogP contribution >= 0.6 is 0 Å². The minimum Gasteiger partial charge on any atom is -0.497 e. The summed E-state index contributed by atoms with van der Waals surface area (Å²) in [6.45, 7) is 0. The van der Waals surface area contributed by atoms with E-state index >= 15 is 0 Å². The Hall–Kier alpha value is -2.94. The van der Waals surface area contributed by atoms with Crippen LogP contribution in [0.3, 0.4) is 0 Å². The van der Waals surface area contributed by atoms with E-state index in [1.54, 1.807) is 14.2 Å². The van der Waals surface area contributed by atoms with Gasteiger partial charge in [0.15, 0.2) is 11.3 Å². The van der Waals surface area contributed by atoms with Gasteiger partial charge in [-0.1, -0.05) is 36.4 Å². The van der Waals surface area contributed by atoms with Gasteiger partial charge in [0, 0.05) is 17.0 Å². The van der Waals surface area contributed by atoms with Gasteiger partial charge in [-0.25, -0.2) is 0 Å². The van der Waals surface area contributed by atoms with Gasteiger partial charge >= 0.3 is 0 Å². The maximum Gasteiger partial charge on any atom is 0.176 e. The predicted octanol–water partition coefficient (Wildman–Crippen LogP) is 5.27. The SMILES string of the molecule is COc1cc(OC)c2oc(-c3ccc4ccccc4c3)cc2c1. The molecule has 23 heavy (non-hydrogen) atoms. The first-order valence-corrected chi connectivity index (χ1v) is 7.43. The summed E-state index contributed by atoms with van der Waals surface area (Å²) in [5.41, 5.74) is 1.78. The zero-order chi connectivity index (χ0) is 15.8. The Labute approximate surface area is 134 Å². The molecular weight excluding hydrogens is 288 g/mol. The molecule has 0 bridgehead atoms. The first-order valence-electron chi connectivity index (χ1n) is 7.43. The van der Waals surface area contributed by atoms with E-state index in [1.807, 2.05) is 30.3 Å². The number of hydrogen-bond acceptors (Lipinski definition) is 3. The molecule has 0 N–H and O–H groups in total. The molecule has 3 heteroatoms. The van der Waals surface area contributed by atoms with Crippen LogP contribution in [0.15, 0.2) is 65.1 Å². The van der Waals surface area contributed by atoms with Gasteiger partial charge in [-0.15, -0.1) is 0 Å². The molecule has 0 unspecified atom stereocenters. The molecule has 4 rings (SSSR count). The summed E-state index contributed by atoms with van der Waals surface area (Å²) >= 11 is 0. The van der Waals surface area contributed by atoms with Crippen molar-refractivity contribution < 1.29 is 13.9 Å². The minimum atomic E-state index is 0.673. The zero-order valence-electron chi connectivity index (χ0n) is 13.0. The largest absolute Gasteiger partial charge is 0.497 e. The molecule has 0 spiro atoms. The van der Waals surface area contributed by atoms with E-state index < -0.39 is 0 Å². The molecular formula is C20H16O3. The van der Waals surface area contributed by atoms with E-state index in [-0.39, 0.29) is 0 Å². The number of furan rings is 1. The standard InChI is InChI=1S/C20H16O3/c1-21-17-10-16-11-18(23-20(16)19(12-17)22-2)15-8-7-13-5-3-4-6-14(13)9-15/h3-12H,1-2H3. The smallest absolute Gasteiger partial charge is 0.176 e. The Morgan fingerprint density at radius 3 is 2.35 bits per heavy atom. The molecule has 1 aromatic heterocycles. The van der Waals surface area contributed by atoms with E-state index in [0.717, 1.165) is 28.0 Å². The molecule has 3 nitrogen and oxygen atoms in total. The molecule has 0 amide bonds. The Morgan fingerprint density at radius 2 is 1.57 bits per heavy atom. The van der Waals surface area contributed by atoms with E-state index in [4.69, 9.17) is 13.9 Å². The summed E-state index contributed by atoms with van der Waals surface area (Å²) in [5.74, 6) is 2.24. The summed E-state index contributed by atoms with van der Waals surface area (Å²) in [7, 11) is 3.28. The first-order chi connectivity index (χ1) is 11.3. The summed E-state index contributed by atoms with van der Waals surface area (Å²) in [6, 6.07) is 20.4. The molecule has 114 valence electrons. The van der Waals surface area contributed by atoms with Crippen molar-refractivity contribution in [3.05, 3.63) is 60.7 Å². The maximum atomic E-state index is 6.04. The lowest BCUT2D eigenvalue weighted by molar-refractivity contribution is 0.393. The number of methoxy groups -OCH3 is 2. The van der Waals surface area contributed by atoms with Crippen LogP contribution in [0.1, 0.15) is 0 Å². The highest BCUT2D eigenvalue weighted by molar-refractivity contribution is 5.91. The number of hydrogen-bond donors (Lipinski definition) is 0. The molecule has 0 aliphatic carbocycles. The Bertz CT molecular complexity index is 998. The fraction of sp³-hybridized carbons (Fsp3) is 0.100. The van der Waals surface area contributed by atoms with Gasteiger partial charge in [-0.3, -0.25) is 0 Å². The van der Waals surface area contributed by atoms with Crippen LogP contribution < -0.4 is 9.47 Å².